The van der Waals surface area contributed by atoms with Gasteiger partial charge in [0.25, 0.3) is 0 Å². The van der Waals surface area contributed by atoms with Crippen molar-refractivity contribution in [3.05, 3.63) is 28.8 Å². The van der Waals surface area contributed by atoms with Gasteiger partial charge in [0.15, 0.2) is 0 Å². The number of hydrogen-bond acceptors (Lipinski definition) is 3. The van der Waals surface area contributed by atoms with E-state index in [9.17, 15) is 4.79 Å². The Hall–Kier alpha value is -1.26. The van der Waals surface area contributed by atoms with Crippen LogP contribution in [0.1, 0.15) is 5.56 Å². The lowest BCUT2D eigenvalue weighted by Gasteiger charge is -2.21. The molecule has 3 N–H and O–H groups in total. The van der Waals surface area contributed by atoms with Gasteiger partial charge in [-0.2, -0.15) is 0 Å². The first kappa shape index (κ1) is 12.8. The molecule has 4 nitrogen and oxygen atoms in total. The smallest absolute Gasteiger partial charge is 0.236 e. The molecule has 0 aliphatic rings. The van der Waals surface area contributed by atoms with Crippen LogP contribution >= 0.6 is 11.6 Å². The van der Waals surface area contributed by atoms with E-state index in [4.69, 9.17) is 17.3 Å². The lowest BCUT2D eigenvalue weighted by atomic mass is 10.1. The summed E-state index contributed by atoms with van der Waals surface area (Å²) in [5.74, 6) is -0.354. The van der Waals surface area contributed by atoms with Gasteiger partial charge in [-0.1, -0.05) is 11.6 Å². The summed E-state index contributed by atoms with van der Waals surface area (Å²) in [6, 6.07) is 5.57. The largest absolute Gasteiger partial charge is 0.368 e. The molecule has 0 unspecified atom stereocenters. The summed E-state index contributed by atoms with van der Waals surface area (Å²) in [6.07, 6.45) is 0. The molecule has 0 saturated carbocycles. The molecule has 1 rings (SSSR count). The molecule has 0 atom stereocenters. The van der Waals surface area contributed by atoms with Gasteiger partial charge in [0.05, 0.1) is 6.54 Å². The van der Waals surface area contributed by atoms with E-state index < -0.39 is 0 Å². The number of amides is 1. The quantitative estimate of drug-likeness (QED) is 0.808. The topological polar surface area (TPSA) is 58.4 Å². The Morgan fingerprint density at radius 3 is 2.81 bits per heavy atom. The number of likely N-dealkylation sites (N-methyl/N-ethyl adjacent to an activating group) is 1. The third-order valence-electron chi connectivity index (χ3n) is 2.21. The Kier molecular flexibility index (Phi) is 4.58. The molecule has 0 aromatic heterocycles. The molecule has 0 heterocycles. The van der Waals surface area contributed by atoms with Crippen LogP contribution in [-0.2, 0) is 11.3 Å². The number of carbonyl (C=O) groups excluding carboxylic acids is 1. The van der Waals surface area contributed by atoms with Crippen LogP contribution in [0, 0.1) is 0 Å². The first-order valence-corrected chi connectivity index (χ1v) is 5.35. The van der Waals surface area contributed by atoms with Crippen molar-refractivity contribution in [2.75, 3.05) is 25.5 Å². The van der Waals surface area contributed by atoms with E-state index in [1.165, 1.54) is 0 Å². The molecule has 1 aromatic rings. The van der Waals surface area contributed by atoms with E-state index >= 15 is 0 Å². The molecule has 5 heteroatoms. The molecular weight excluding hydrogens is 226 g/mol. The summed E-state index contributed by atoms with van der Waals surface area (Å²) < 4.78 is 0. The molecule has 0 radical (unpaired) electrons. The van der Waals surface area contributed by atoms with Crippen LogP contribution in [0.25, 0.3) is 0 Å². The molecule has 0 fully saturated rings. The Morgan fingerprint density at radius 2 is 2.25 bits per heavy atom. The Labute approximate surface area is 100 Å². The maximum atomic E-state index is 10.9. The minimum Gasteiger partial charge on any atom is -0.368 e. The number of benzene rings is 1. The third-order valence-corrected chi connectivity index (χ3v) is 2.45. The zero-order valence-electron chi connectivity index (χ0n) is 9.46. The predicted molar refractivity (Wildman–Crippen MR) is 66.7 cm³/mol. The van der Waals surface area contributed by atoms with Crippen LogP contribution in [-0.4, -0.2) is 26.5 Å². The Morgan fingerprint density at radius 1 is 1.56 bits per heavy atom. The molecular formula is C11H16ClN3O. The van der Waals surface area contributed by atoms with E-state index in [0.717, 1.165) is 11.3 Å². The zero-order valence-corrected chi connectivity index (χ0v) is 10.2. The Bertz CT molecular complexity index is 381. The number of anilines is 1. The summed E-state index contributed by atoms with van der Waals surface area (Å²) in [5.41, 5.74) is 7.16. The van der Waals surface area contributed by atoms with Crippen molar-refractivity contribution >= 4 is 23.2 Å². The lowest BCUT2D eigenvalue weighted by molar-refractivity contribution is -0.116. The van der Waals surface area contributed by atoms with Crippen molar-refractivity contribution in [3.63, 3.8) is 0 Å². The molecule has 0 spiro atoms. The summed E-state index contributed by atoms with van der Waals surface area (Å²) in [6.45, 7) is 0.886. The highest BCUT2D eigenvalue weighted by Gasteiger charge is 2.09. The van der Waals surface area contributed by atoms with Gasteiger partial charge in [0.2, 0.25) is 5.91 Å². The third kappa shape index (κ3) is 3.40. The number of nitrogens with one attached hydrogen (secondary N) is 1. The summed E-state index contributed by atoms with van der Waals surface area (Å²) in [4.78, 5) is 12.7. The number of halogens is 1. The number of nitrogens with two attached hydrogens (primary N) is 1. The van der Waals surface area contributed by atoms with Gasteiger partial charge in [-0.3, -0.25) is 4.79 Å². The maximum absolute atomic E-state index is 10.9. The van der Waals surface area contributed by atoms with Gasteiger partial charge in [-0.25, -0.2) is 0 Å². The van der Waals surface area contributed by atoms with E-state index in [2.05, 4.69) is 5.32 Å². The van der Waals surface area contributed by atoms with Crippen molar-refractivity contribution in [1.29, 1.82) is 0 Å². The zero-order chi connectivity index (χ0) is 12.1. The minimum atomic E-state index is -0.354. The molecule has 0 saturated heterocycles. The second-order valence-electron chi connectivity index (χ2n) is 3.63. The van der Waals surface area contributed by atoms with Gasteiger partial charge < -0.3 is 16.0 Å². The lowest BCUT2D eigenvalue weighted by Crippen LogP contribution is -2.31. The van der Waals surface area contributed by atoms with Crippen LogP contribution in [0.15, 0.2) is 18.2 Å². The van der Waals surface area contributed by atoms with Gasteiger partial charge in [-0.05, 0) is 30.8 Å². The Balaban J connectivity index is 2.96. The monoisotopic (exact) mass is 241 g/mol. The highest BCUT2D eigenvalue weighted by molar-refractivity contribution is 6.30. The van der Waals surface area contributed by atoms with E-state index in [1.54, 1.807) is 6.07 Å². The molecule has 1 aromatic carbocycles. The highest BCUT2D eigenvalue weighted by Crippen LogP contribution is 2.23. The molecule has 16 heavy (non-hydrogen) atoms. The number of primary amides is 1. The minimum absolute atomic E-state index is 0.193. The van der Waals surface area contributed by atoms with Gasteiger partial charge in [0, 0.05) is 24.3 Å². The summed E-state index contributed by atoms with van der Waals surface area (Å²) >= 11 is 5.93. The van der Waals surface area contributed by atoms with E-state index in [1.807, 2.05) is 31.1 Å². The van der Waals surface area contributed by atoms with Crippen molar-refractivity contribution in [2.45, 2.75) is 6.54 Å². The fourth-order valence-electron chi connectivity index (χ4n) is 1.58. The highest BCUT2D eigenvalue weighted by atomic mass is 35.5. The van der Waals surface area contributed by atoms with E-state index in [0.29, 0.717) is 11.6 Å². The second kappa shape index (κ2) is 5.72. The van der Waals surface area contributed by atoms with Crippen molar-refractivity contribution in [3.8, 4) is 0 Å². The molecule has 0 bridgehead atoms. The standard InChI is InChI=1S/C11H16ClN3O/c1-14-6-8-5-9(12)3-4-10(8)15(2)7-11(13)16/h3-5,14H,6-7H2,1-2H3,(H2,13,16). The number of hydrogen-bond donors (Lipinski definition) is 2. The van der Waals surface area contributed by atoms with Gasteiger partial charge in [0.1, 0.15) is 0 Å². The number of carbonyl (C=O) groups is 1. The van der Waals surface area contributed by atoms with Crippen molar-refractivity contribution in [2.24, 2.45) is 5.73 Å². The normalized spacial score (nSPS) is 10.2. The van der Waals surface area contributed by atoms with Gasteiger partial charge in [-0.15, -0.1) is 0 Å². The predicted octanol–water partition coefficient (Wildman–Crippen LogP) is 0.981. The van der Waals surface area contributed by atoms with Crippen molar-refractivity contribution < 1.29 is 4.79 Å². The molecule has 88 valence electrons. The van der Waals surface area contributed by atoms with Crippen LogP contribution in [0.4, 0.5) is 5.69 Å². The average molecular weight is 242 g/mol. The van der Waals surface area contributed by atoms with Crippen LogP contribution in [0.5, 0.6) is 0 Å². The van der Waals surface area contributed by atoms with Crippen molar-refractivity contribution in [1.82, 2.24) is 5.32 Å². The average Bonchev–Trinajstić information content (AvgIpc) is 2.17. The number of nitrogens with zero attached hydrogens (tertiary/aromatic N) is 1. The molecule has 1 amide bonds. The second-order valence-corrected chi connectivity index (χ2v) is 4.06. The molecule has 0 aliphatic heterocycles. The summed E-state index contributed by atoms with van der Waals surface area (Å²) in [7, 11) is 3.69. The number of rotatable bonds is 5. The van der Waals surface area contributed by atoms with Crippen LogP contribution in [0.3, 0.4) is 0 Å². The van der Waals surface area contributed by atoms with Crippen LogP contribution in [0.2, 0.25) is 5.02 Å². The molecule has 0 aliphatic carbocycles. The van der Waals surface area contributed by atoms with Gasteiger partial charge >= 0.3 is 0 Å². The first-order valence-electron chi connectivity index (χ1n) is 4.97. The van der Waals surface area contributed by atoms with Crippen LogP contribution < -0.4 is 16.0 Å². The fourth-order valence-corrected chi connectivity index (χ4v) is 1.77. The first-order chi connectivity index (χ1) is 7.54. The van der Waals surface area contributed by atoms with E-state index in [-0.39, 0.29) is 12.5 Å². The fraction of sp³-hybridized carbons (Fsp3) is 0.364. The summed E-state index contributed by atoms with van der Waals surface area (Å²) in [5, 5.41) is 3.74. The maximum Gasteiger partial charge on any atom is 0.236 e. The SMILES string of the molecule is CNCc1cc(Cl)ccc1N(C)CC(N)=O.